The predicted molar refractivity (Wildman–Crippen MR) is 74.5 cm³/mol. The van der Waals surface area contributed by atoms with Crippen LogP contribution in [-0.4, -0.2) is 21.3 Å². The molecule has 0 atom stereocenters. The topological polar surface area (TPSA) is 62.7 Å². The minimum absolute atomic E-state index is 0.132. The first-order valence-electron chi connectivity index (χ1n) is 6.02. The third kappa shape index (κ3) is 1.88. The zero-order valence-corrected chi connectivity index (χ0v) is 11.5. The van der Waals surface area contributed by atoms with Crippen molar-refractivity contribution >= 4 is 28.2 Å². The highest BCUT2D eigenvalue weighted by Gasteiger charge is 2.20. The lowest BCUT2D eigenvalue weighted by molar-refractivity contribution is -0.597. The monoisotopic (exact) mass is 273 g/mol. The van der Waals surface area contributed by atoms with E-state index in [9.17, 15) is 4.79 Å². The van der Waals surface area contributed by atoms with Crippen molar-refractivity contribution in [2.45, 2.75) is 18.5 Å². The van der Waals surface area contributed by atoms with E-state index < -0.39 is 0 Å². The van der Waals surface area contributed by atoms with Crippen molar-refractivity contribution in [3.8, 4) is 0 Å². The van der Waals surface area contributed by atoms with Gasteiger partial charge in [0.2, 0.25) is 10.7 Å². The van der Waals surface area contributed by atoms with Crippen molar-refractivity contribution < 1.29 is 4.52 Å². The van der Waals surface area contributed by atoms with E-state index in [2.05, 4.69) is 15.1 Å². The molecule has 6 heteroatoms. The SMILES string of the molecule is CCc1nc2ccccc2c2c(=O)[nH]c(SC)n[n+]12. The molecule has 0 unspecified atom stereocenters. The second kappa shape index (κ2) is 4.62. The normalized spacial score (nSPS) is 11.3. The van der Waals surface area contributed by atoms with Gasteiger partial charge in [-0.25, -0.2) is 0 Å². The molecule has 3 rings (SSSR count). The summed E-state index contributed by atoms with van der Waals surface area (Å²) in [6.45, 7) is 2.01. The Hall–Kier alpha value is -1.95. The molecule has 2 heterocycles. The largest absolute Gasteiger partial charge is 0.324 e. The number of thioether (sulfide) groups is 1. The third-order valence-corrected chi connectivity index (χ3v) is 3.57. The standard InChI is InChI=1S/C13H12N4OS/c1-3-10-14-9-7-5-4-6-8(9)11-12(18)15-13(19-2)16-17(10)11/h4-7H,3H2,1-2H3/p+1. The van der Waals surface area contributed by atoms with Crippen molar-refractivity contribution in [2.24, 2.45) is 0 Å². The smallest absolute Gasteiger partial charge is 0.295 e. The maximum Gasteiger partial charge on any atom is 0.324 e. The maximum absolute atomic E-state index is 12.3. The van der Waals surface area contributed by atoms with Gasteiger partial charge in [-0.15, -0.1) is 0 Å². The van der Waals surface area contributed by atoms with E-state index >= 15 is 0 Å². The van der Waals surface area contributed by atoms with Gasteiger partial charge in [0.1, 0.15) is 0 Å². The first kappa shape index (κ1) is 12.1. The molecule has 2 aromatic heterocycles. The highest BCUT2D eigenvalue weighted by Crippen LogP contribution is 2.13. The summed E-state index contributed by atoms with van der Waals surface area (Å²) in [5, 5.41) is 5.85. The Balaban J connectivity index is 2.58. The number of hydrogen-bond acceptors (Lipinski definition) is 4. The molecule has 5 nitrogen and oxygen atoms in total. The summed E-state index contributed by atoms with van der Waals surface area (Å²) in [6, 6.07) is 7.63. The molecule has 0 radical (unpaired) electrons. The van der Waals surface area contributed by atoms with Crippen LogP contribution in [0.1, 0.15) is 12.7 Å². The van der Waals surface area contributed by atoms with Crippen LogP contribution in [0.5, 0.6) is 0 Å². The number of aromatic nitrogens is 4. The minimum Gasteiger partial charge on any atom is -0.295 e. The molecule has 19 heavy (non-hydrogen) atoms. The summed E-state index contributed by atoms with van der Waals surface area (Å²) < 4.78 is 1.66. The number of aromatic amines is 1. The van der Waals surface area contributed by atoms with E-state index in [0.717, 1.165) is 23.1 Å². The Morgan fingerprint density at radius 2 is 2.16 bits per heavy atom. The Labute approximate surface area is 113 Å². The van der Waals surface area contributed by atoms with E-state index in [-0.39, 0.29) is 5.56 Å². The van der Waals surface area contributed by atoms with E-state index in [1.54, 1.807) is 4.52 Å². The van der Waals surface area contributed by atoms with Gasteiger partial charge >= 0.3 is 11.4 Å². The number of nitrogens with one attached hydrogen (secondary N) is 1. The average Bonchev–Trinajstić information content (AvgIpc) is 2.45. The van der Waals surface area contributed by atoms with Crippen LogP contribution in [0, 0.1) is 0 Å². The summed E-state index contributed by atoms with van der Waals surface area (Å²) in [5.41, 5.74) is 1.25. The second-order valence-corrected chi connectivity index (χ2v) is 4.92. The molecule has 0 aliphatic heterocycles. The number of nitrogens with zero attached hydrogens (tertiary/aromatic N) is 3. The van der Waals surface area contributed by atoms with Crippen LogP contribution in [0.4, 0.5) is 0 Å². The molecule has 1 aromatic carbocycles. The molecular weight excluding hydrogens is 260 g/mol. The minimum atomic E-state index is -0.132. The van der Waals surface area contributed by atoms with Gasteiger partial charge in [0.05, 0.1) is 11.8 Å². The first-order valence-corrected chi connectivity index (χ1v) is 7.25. The van der Waals surface area contributed by atoms with E-state index in [0.29, 0.717) is 10.7 Å². The zero-order valence-electron chi connectivity index (χ0n) is 10.7. The van der Waals surface area contributed by atoms with Crippen LogP contribution in [0.2, 0.25) is 0 Å². The van der Waals surface area contributed by atoms with Gasteiger partial charge in [0, 0.05) is 0 Å². The third-order valence-electron chi connectivity index (χ3n) is 3.00. The highest BCUT2D eigenvalue weighted by molar-refractivity contribution is 7.98. The van der Waals surface area contributed by atoms with Crippen LogP contribution in [0.25, 0.3) is 16.4 Å². The number of H-pyrrole nitrogens is 1. The van der Waals surface area contributed by atoms with Gasteiger partial charge in [0.15, 0.2) is 5.52 Å². The van der Waals surface area contributed by atoms with Gasteiger partial charge in [-0.3, -0.25) is 9.78 Å². The lowest BCUT2D eigenvalue weighted by Crippen LogP contribution is -2.39. The number of rotatable bonds is 2. The molecule has 0 saturated carbocycles. The number of benzene rings is 1. The number of aryl methyl sites for hydroxylation is 1. The van der Waals surface area contributed by atoms with E-state index in [1.165, 1.54) is 11.8 Å². The van der Waals surface area contributed by atoms with E-state index in [1.807, 2.05) is 37.4 Å². The molecule has 0 saturated heterocycles. The average molecular weight is 273 g/mol. The molecule has 1 N–H and O–H groups in total. The predicted octanol–water partition coefficient (Wildman–Crippen LogP) is 1.34. The van der Waals surface area contributed by atoms with Gasteiger partial charge in [-0.2, -0.15) is 0 Å². The fourth-order valence-electron chi connectivity index (χ4n) is 2.12. The Morgan fingerprint density at radius 1 is 1.37 bits per heavy atom. The molecule has 0 aliphatic rings. The Bertz CT molecular complexity index is 828. The lowest BCUT2D eigenvalue weighted by atomic mass is 10.2. The number of hydrogen-bond donors (Lipinski definition) is 1. The molecular formula is C13H13N4OS+. The van der Waals surface area contributed by atoms with Crippen LogP contribution in [0.3, 0.4) is 0 Å². The first-order chi connectivity index (χ1) is 9.24. The van der Waals surface area contributed by atoms with Crippen molar-refractivity contribution in [1.82, 2.24) is 15.1 Å². The molecule has 0 amide bonds. The molecule has 96 valence electrons. The summed E-state index contributed by atoms with van der Waals surface area (Å²) in [6.07, 6.45) is 2.60. The summed E-state index contributed by atoms with van der Waals surface area (Å²) in [5.74, 6) is 0.787. The number of para-hydroxylation sites is 1. The maximum atomic E-state index is 12.3. The Kier molecular flexibility index (Phi) is 2.94. The lowest BCUT2D eigenvalue weighted by Gasteiger charge is -2.01. The van der Waals surface area contributed by atoms with Crippen molar-refractivity contribution in [3.63, 3.8) is 0 Å². The van der Waals surface area contributed by atoms with Gasteiger partial charge < -0.3 is 0 Å². The summed E-state index contributed by atoms with van der Waals surface area (Å²) in [7, 11) is 0. The highest BCUT2D eigenvalue weighted by atomic mass is 32.2. The molecule has 0 aliphatic carbocycles. The zero-order chi connectivity index (χ0) is 13.4. The van der Waals surface area contributed by atoms with Crippen LogP contribution < -0.4 is 10.1 Å². The second-order valence-electron chi connectivity index (χ2n) is 4.12. The van der Waals surface area contributed by atoms with Crippen LogP contribution >= 0.6 is 11.8 Å². The van der Waals surface area contributed by atoms with Crippen molar-refractivity contribution in [3.05, 3.63) is 40.4 Å². The molecule has 3 aromatic rings. The molecule has 0 spiro atoms. The van der Waals surface area contributed by atoms with Crippen LogP contribution in [0.15, 0.2) is 34.2 Å². The summed E-state index contributed by atoms with van der Waals surface area (Å²) in [4.78, 5) is 19.7. The van der Waals surface area contributed by atoms with Crippen molar-refractivity contribution in [1.29, 1.82) is 0 Å². The molecule has 0 bridgehead atoms. The number of fused-ring (bicyclic) bond motifs is 3. The fraction of sp³-hybridized carbons (Fsp3) is 0.231. The van der Waals surface area contributed by atoms with Gasteiger partial charge in [-0.05, 0) is 23.4 Å². The quantitative estimate of drug-likeness (QED) is 0.435. The van der Waals surface area contributed by atoms with Gasteiger partial charge in [0.25, 0.3) is 0 Å². The Morgan fingerprint density at radius 3 is 2.89 bits per heavy atom. The summed E-state index contributed by atoms with van der Waals surface area (Å²) >= 11 is 1.41. The van der Waals surface area contributed by atoms with Crippen molar-refractivity contribution in [2.75, 3.05) is 6.26 Å². The van der Waals surface area contributed by atoms with Crippen LogP contribution in [-0.2, 0) is 6.42 Å². The fourth-order valence-corrected chi connectivity index (χ4v) is 2.48. The van der Waals surface area contributed by atoms with Gasteiger partial charge in [-0.1, -0.05) is 40.4 Å². The van der Waals surface area contributed by atoms with E-state index in [4.69, 9.17) is 0 Å². The molecule has 0 fully saturated rings.